The third-order valence-electron chi connectivity index (χ3n) is 5.08. The van der Waals surface area contributed by atoms with E-state index in [0.29, 0.717) is 18.7 Å². The van der Waals surface area contributed by atoms with E-state index in [-0.39, 0.29) is 5.91 Å². The predicted octanol–water partition coefficient (Wildman–Crippen LogP) is 2.85. The lowest BCUT2D eigenvalue weighted by molar-refractivity contribution is 0.0953. The van der Waals surface area contributed by atoms with E-state index >= 15 is 0 Å². The molecule has 0 aromatic carbocycles. The van der Waals surface area contributed by atoms with Crippen molar-refractivity contribution in [1.29, 1.82) is 0 Å². The molecule has 0 unspecified atom stereocenters. The van der Waals surface area contributed by atoms with Gasteiger partial charge in [0, 0.05) is 37.9 Å². The maximum Gasteiger partial charge on any atom is 0.253 e. The first-order valence-electron chi connectivity index (χ1n) is 9.99. The molecule has 7 nitrogen and oxygen atoms in total. The van der Waals surface area contributed by atoms with Gasteiger partial charge in [0.15, 0.2) is 0 Å². The van der Waals surface area contributed by atoms with Crippen molar-refractivity contribution in [2.45, 2.75) is 13.5 Å². The highest BCUT2D eigenvalue weighted by Crippen LogP contribution is 2.26. The third-order valence-corrected chi connectivity index (χ3v) is 5.08. The Hall–Kier alpha value is -3.45. The van der Waals surface area contributed by atoms with Crippen LogP contribution in [0, 0.1) is 6.92 Å². The minimum Gasteiger partial charge on any atom is -0.351 e. The van der Waals surface area contributed by atoms with Crippen molar-refractivity contribution >= 4 is 11.4 Å². The Kier molecular flexibility index (Phi) is 5.63. The van der Waals surface area contributed by atoms with Crippen LogP contribution in [0.25, 0.3) is 16.9 Å². The van der Waals surface area contributed by atoms with Gasteiger partial charge in [0.2, 0.25) is 0 Å². The number of likely N-dealkylation sites (N-methyl/N-ethyl adjacent to an activating group) is 1. The van der Waals surface area contributed by atoms with Crippen LogP contribution in [-0.2, 0) is 6.54 Å². The molecule has 4 heterocycles. The van der Waals surface area contributed by atoms with E-state index in [0.717, 1.165) is 34.8 Å². The number of carbonyl (C=O) groups excluding carboxylic acids is 1. The Morgan fingerprint density at radius 3 is 2.83 bits per heavy atom. The highest BCUT2D eigenvalue weighted by atomic mass is 16.1. The van der Waals surface area contributed by atoms with Gasteiger partial charge in [0.1, 0.15) is 11.5 Å². The van der Waals surface area contributed by atoms with E-state index in [1.54, 1.807) is 6.20 Å². The summed E-state index contributed by atoms with van der Waals surface area (Å²) in [6, 6.07) is 11.8. The first-order chi connectivity index (χ1) is 14.5. The number of amides is 1. The first kappa shape index (κ1) is 19.8. The summed E-state index contributed by atoms with van der Waals surface area (Å²) >= 11 is 0. The van der Waals surface area contributed by atoms with Crippen molar-refractivity contribution in [1.82, 2.24) is 29.2 Å². The topological polar surface area (TPSA) is 67.5 Å². The van der Waals surface area contributed by atoms with Crippen molar-refractivity contribution in [3.05, 3.63) is 78.1 Å². The first-order valence-corrected chi connectivity index (χ1v) is 9.99. The molecule has 4 rings (SSSR count). The summed E-state index contributed by atoms with van der Waals surface area (Å²) < 4.78 is 4.13. The lowest BCUT2D eigenvalue weighted by atomic mass is 10.2. The fraction of sp³-hybridized carbons (Fsp3) is 0.261. The summed E-state index contributed by atoms with van der Waals surface area (Å²) in [4.78, 5) is 23.8. The van der Waals surface area contributed by atoms with Crippen LogP contribution in [0.4, 0.5) is 0 Å². The smallest absolute Gasteiger partial charge is 0.253 e. The van der Waals surface area contributed by atoms with Gasteiger partial charge in [0.05, 0.1) is 23.3 Å². The van der Waals surface area contributed by atoms with Gasteiger partial charge in [-0.05, 0) is 50.8 Å². The minimum absolute atomic E-state index is 0.0710. The maximum atomic E-state index is 12.8. The van der Waals surface area contributed by atoms with Crippen LogP contribution >= 0.6 is 0 Å². The van der Waals surface area contributed by atoms with Gasteiger partial charge in [-0.1, -0.05) is 12.1 Å². The van der Waals surface area contributed by atoms with E-state index in [2.05, 4.69) is 20.9 Å². The monoisotopic (exact) mass is 402 g/mol. The van der Waals surface area contributed by atoms with Gasteiger partial charge in [-0.2, -0.15) is 0 Å². The maximum absolute atomic E-state index is 12.8. The average Bonchev–Trinajstić information content (AvgIpc) is 3.29. The molecular formula is C23H26N6O. The van der Waals surface area contributed by atoms with Crippen LogP contribution in [0.2, 0.25) is 0 Å². The van der Waals surface area contributed by atoms with Gasteiger partial charge in [-0.15, -0.1) is 0 Å². The van der Waals surface area contributed by atoms with Crippen LogP contribution in [0.5, 0.6) is 0 Å². The lowest BCUT2D eigenvalue weighted by Gasteiger charge is -2.10. The summed E-state index contributed by atoms with van der Waals surface area (Å²) in [6.45, 7) is 4.09. The number of carbonyl (C=O) groups is 1. The Labute approximate surface area is 176 Å². The van der Waals surface area contributed by atoms with E-state index in [1.165, 1.54) is 0 Å². The number of nitrogens with zero attached hydrogens (tertiary/aromatic N) is 5. The molecule has 154 valence electrons. The van der Waals surface area contributed by atoms with Crippen molar-refractivity contribution in [3.8, 4) is 11.4 Å². The largest absolute Gasteiger partial charge is 0.351 e. The molecule has 4 aromatic rings. The van der Waals surface area contributed by atoms with Crippen LogP contribution < -0.4 is 5.32 Å². The summed E-state index contributed by atoms with van der Waals surface area (Å²) in [6.07, 6.45) is 7.64. The van der Waals surface area contributed by atoms with E-state index in [4.69, 9.17) is 4.98 Å². The van der Waals surface area contributed by atoms with Gasteiger partial charge in [-0.25, -0.2) is 4.98 Å². The normalized spacial score (nSPS) is 11.3. The fourth-order valence-electron chi connectivity index (χ4n) is 3.50. The number of imidazole rings is 1. The van der Waals surface area contributed by atoms with Gasteiger partial charge in [-0.3, -0.25) is 9.78 Å². The summed E-state index contributed by atoms with van der Waals surface area (Å²) in [5.74, 6) is 0.843. The highest BCUT2D eigenvalue weighted by Gasteiger charge is 2.18. The molecule has 1 N–H and O–H groups in total. The summed E-state index contributed by atoms with van der Waals surface area (Å²) in [5.41, 5.74) is 4.38. The lowest BCUT2D eigenvalue weighted by Crippen LogP contribution is -2.31. The molecular weight excluding hydrogens is 376 g/mol. The second-order valence-corrected chi connectivity index (χ2v) is 7.62. The molecule has 0 aliphatic heterocycles. The number of aryl methyl sites for hydroxylation is 1. The molecule has 0 spiro atoms. The van der Waals surface area contributed by atoms with E-state index in [1.807, 2.05) is 79.2 Å². The zero-order chi connectivity index (χ0) is 21.1. The minimum atomic E-state index is -0.0710. The average molecular weight is 403 g/mol. The zero-order valence-corrected chi connectivity index (χ0v) is 17.5. The Morgan fingerprint density at radius 1 is 1.20 bits per heavy atom. The molecule has 30 heavy (non-hydrogen) atoms. The Balaban J connectivity index is 1.66. The van der Waals surface area contributed by atoms with Gasteiger partial charge >= 0.3 is 0 Å². The Bertz CT molecular complexity index is 1160. The second kappa shape index (κ2) is 8.51. The summed E-state index contributed by atoms with van der Waals surface area (Å²) in [7, 11) is 3.98. The van der Waals surface area contributed by atoms with Crippen LogP contribution in [0.3, 0.4) is 0 Å². The molecule has 1 amide bonds. The van der Waals surface area contributed by atoms with E-state index in [9.17, 15) is 4.79 Å². The molecule has 0 atom stereocenters. The van der Waals surface area contributed by atoms with Crippen LogP contribution in [0.15, 0.2) is 61.2 Å². The van der Waals surface area contributed by atoms with E-state index < -0.39 is 0 Å². The van der Waals surface area contributed by atoms with Crippen molar-refractivity contribution in [2.75, 3.05) is 27.2 Å². The second-order valence-electron chi connectivity index (χ2n) is 7.62. The Morgan fingerprint density at radius 2 is 2.07 bits per heavy atom. The highest BCUT2D eigenvalue weighted by molar-refractivity contribution is 6.02. The van der Waals surface area contributed by atoms with Crippen LogP contribution in [-0.4, -0.2) is 56.9 Å². The molecule has 0 radical (unpaired) electrons. The van der Waals surface area contributed by atoms with Crippen molar-refractivity contribution in [3.63, 3.8) is 0 Å². The number of pyridine rings is 2. The predicted molar refractivity (Wildman–Crippen MR) is 118 cm³/mol. The molecule has 0 saturated carbocycles. The fourth-order valence-corrected chi connectivity index (χ4v) is 3.50. The number of hydrogen-bond acceptors (Lipinski definition) is 4. The number of nitrogens with one attached hydrogen (secondary N) is 1. The third kappa shape index (κ3) is 4.11. The summed E-state index contributed by atoms with van der Waals surface area (Å²) in [5, 5.41) is 3.01. The van der Waals surface area contributed by atoms with Crippen molar-refractivity contribution < 1.29 is 4.79 Å². The molecule has 0 fully saturated rings. The number of fused-ring (bicyclic) bond motifs is 1. The van der Waals surface area contributed by atoms with Crippen LogP contribution in [0.1, 0.15) is 21.7 Å². The molecule has 0 saturated heterocycles. The number of hydrogen-bond donors (Lipinski definition) is 1. The van der Waals surface area contributed by atoms with Crippen molar-refractivity contribution in [2.24, 2.45) is 0 Å². The quantitative estimate of drug-likeness (QED) is 0.516. The molecule has 0 aliphatic carbocycles. The molecule has 0 bridgehead atoms. The number of rotatable bonds is 7. The molecule has 7 heteroatoms. The zero-order valence-electron chi connectivity index (χ0n) is 17.5. The molecule has 0 aliphatic rings. The van der Waals surface area contributed by atoms with Gasteiger partial charge in [0.25, 0.3) is 5.91 Å². The number of aromatic nitrogens is 4. The van der Waals surface area contributed by atoms with Gasteiger partial charge < -0.3 is 19.2 Å². The molecule has 4 aromatic heterocycles. The SMILES string of the molecule is Cc1nc(-c2cc(C(=O)NCCN(C)C)c3ccccn23)cn1Cc1cccnc1. The standard InChI is InChI=1S/C23H26N6O/c1-17-26-20(16-28(17)15-18-7-6-9-24-14-18)22-13-19(21-8-4-5-11-29(21)22)23(30)25-10-12-27(2)3/h4-9,11,13-14,16H,10,12,15H2,1-3H3,(H,25,30).